The quantitative estimate of drug-likeness (QED) is 0.458. The van der Waals surface area contributed by atoms with Crippen molar-refractivity contribution in [1.82, 2.24) is 4.72 Å². The molecule has 0 radical (unpaired) electrons. The third kappa shape index (κ3) is 7.55. The smallest absolute Gasteiger partial charge is 0.405 e. The standard InChI is InChI=1S/C18H32F3NO3S/c1-5-6-11-25-16(23)14(12-13-9-7-8-10-13)15(18(19,20)21)22-26(24)17(2,3)4/h13-15,22H,5-12H2,1-4H3/t14-,15-,26-/m0/s1. The predicted molar refractivity (Wildman–Crippen MR) is 96.8 cm³/mol. The molecule has 1 N–H and O–H groups in total. The van der Waals surface area contributed by atoms with Crippen LogP contribution in [0.3, 0.4) is 0 Å². The summed E-state index contributed by atoms with van der Waals surface area (Å²) in [6.07, 6.45) is 0.422. The van der Waals surface area contributed by atoms with Crippen molar-refractivity contribution in [2.24, 2.45) is 11.8 Å². The number of alkyl halides is 3. The lowest BCUT2D eigenvalue weighted by atomic mass is 9.88. The van der Waals surface area contributed by atoms with Gasteiger partial charge in [-0.15, -0.1) is 0 Å². The highest BCUT2D eigenvalue weighted by molar-refractivity contribution is 7.84. The average molecular weight is 400 g/mol. The molecule has 0 aromatic carbocycles. The Labute approximate surface area is 157 Å². The lowest BCUT2D eigenvalue weighted by Crippen LogP contribution is -2.54. The molecule has 1 saturated carbocycles. The highest BCUT2D eigenvalue weighted by Gasteiger charge is 2.50. The Balaban J connectivity index is 3.01. The van der Waals surface area contributed by atoms with Gasteiger partial charge in [0.15, 0.2) is 0 Å². The molecule has 0 aromatic heterocycles. The largest absolute Gasteiger partial charge is 0.465 e. The molecule has 0 heterocycles. The van der Waals surface area contributed by atoms with E-state index in [-0.39, 0.29) is 18.9 Å². The molecule has 0 amide bonds. The molecule has 0 spiro atoms. The van der Waals surface area contributed by atoms with E-state index in [9.17, 15) is 22.2 Å². The fourth-order valence-electron chi connectivity index (χ4n) is 3.07. The summed E-state index contributed by atoms with van der Waals surface area (Å²) < 4.78 is 59.9. The van der Waals surface area contributed by atoms with E-state index in [2.05, 4.69) is 4.72 Å². The van der Waals surface area contributed by atoms with Crippen LogP contribution in [0.4, 0.5) is 13.2 Å². The summed E-state index contributed by atoms with van der Waals surface area (Å²) >= 11 is 0. The second-order valence-corrected chi connectivity index (χ2v) is 10.0. The third-order valence-electron chi connectivity index (χ3n) is 4.65. The number of hydrogen-bond donors (Lipinski definition) is 1. The second kappa shape index (κ2) is 10.1. The molecule has 4 nitrogen and oxygen atoms in total. The van der Waals surface area contributed by atoms with Crippen LogP contribution in [0.1, 0.15) is 72.6 Å². The summed E-state index contributed by atoms with van der Waals surface area (Å²) in [4.78, 5) is 12.5. The number of halogens is 3. The van der Waals surface area contributed by atoms with Gasteiger partial charge in [0.25, 0.3) is 0 Å². The van der Waals surface area contributed by atoms with Crippen molar-refractivity contribution in [3.05, 3.63) is 0 Å². The maximum Gasteiger partial charge on any atom is 0.405 e. The van der Waals surface area contributed by atoms with Gasteiger partial charge >= 0.3 is 12.1 Å². The highest BCUT2D eigenvalue weighted by atomic mass is 32.2. The maximum absolute atomic E-state index is 13.7. The predicted octanol–water partition coefficient (Wildman–Crippen LogP) is 4.51. The van der Waals surface area contributed by atoms with Crippen LogP contribution in [-0.2, 0) is 20.5 Å². The van der Waals surface area contributed by atoms with Crippen LogP contribution in [0.5, 0.6) is 0 Å². The van der Waals surface area contributed by atoms with Crippen LogP contribution in [0.2, 0.25) is 0 Å². The van der Waals surface area contributed by atoms with E-state index in [1.165, 1.54) is 0 Å². The van der Waals surface area contributed by atoms with Crippen molar-refractivity contribution in [2.75, 3.05) is 6.61 Å². The van der Waals surface area contributed by atoms with Gasteiger partial charge in [-0.2, -0.15) is 13.2 Å². The Morgan fingerprint density at radius 3 is 2.27 bits per heavy atom. The Morgan fingerprint density at radius 1 is 1.23 bits per heavy atom. The second-order valence-electron chi connectivity index (χ2n) is 8.03. The van der Waals surface area contributed by atoms with Crippen molar-refractivity contribution in [3.8, 4) is 0 Å². The molecule has 3 atom stereocenters. The molecule has 1 aliphatic carbocycles. The summed E-state index contributed by atoms with van der Waals surface area (Å²) in [5.41, 5.74) is 0. The molecule has 26 heavy (non-hydrogen) atoms. The van der Waals surface area contributed by atoms with Gasteiger partial charge in [0.1, 0.15) is 6.04 Å². The fourth-order valence-corrected chi connectivity index (χ4v) is 3.95. The van der Waals surface area contributed by atoms with Crippen molar-refractivity contribution >= 4 is 17.0 Å². The first-order chi connectivity index (χ1) is 12.0. The first-order valence-corrected chi connectivity index (χ1v) is 10.5. The van der Waals surface area contributed by atoms with Crippen molar-refractivity contribution in [3.63, 3.8) is 0 Å². The van der Waals surface area contributed by atoms with Crippen molar-refractivity contribution < 1.29 is 26.9 Å². The van der Waals surface area contributed by atoms with E-state index in [1.807, 2.05) is 6.92 Å². The number of rotatable bonds is 9. The number of nitrogens with one attached hydrogen (secondary N) is 1. The number of ether oxygens (including phenoxy) is 1. The molecule has 0 saturated heterocycles. The molecule has 0 unspecified atom stereocenters. The van der Waals surface area contributed by atoms with Crippen LogP contribution >= 0.6 is 0 Å². The Kier molecular flexibility index (Phi) is 9.06. The van der Waals surface area contributed by atoms with Crippen LogP contribution in [0.25, 0.3) is 0 Å². The van der Waals surface area contributed by atoms with Gasteiger partial charge < -0.3 is 4.74 Å². The number of hydrogen-bond acceptors (Lipinski definition) is 3. The molecule has 0 aromatic rings. The van der Waals surface area contributed by atoms with Crippen LogP contribution in [0, 0.1) is 11.8 Å². The van der Waals surface area contributed by atoms with Gasteiger partial charge in [0.2, 0.25) is 0 Å². The van der Waals surface area contributed by atoms with E-state index in [1.54, 1.807) is 20.8 Å². The van der Waals surface area contributed by atoms with E-state index in [0.717, 1.165) is 32.1 Å². The molecular weight excluding hydrogens is 367 g/mol. The summed E-state index contributed by atoms with van der Waals surface area (Å²) in [5, 5.41) is 0. The minimum atomic E-state index is -4.69. The Hall–Kier alpha value is -0.630. The average Bonchev–Trinajstić information content (AvgIpc) is 3.01. The third-order valence-corrected chi connectivity index (χ3v) is 6.23. The van der Waals surface area contributed by atoms with Gasteiger partial charge in [0.05, 0.1) is 28.3 Å². The highest BCUT2D eigenvalue weighted by Crippen LogP contribution is 2.36. The van der Waals surface area contributed by atoms with Crippen LogP contribution in [-0.4, -0.2) is 33.8 Å². The van der Waals surface area contributed by atoms with Gasteiger partial charge in [-0.25, -0.2) is 8.93 Å². The molecule has 0 bridgehead atoms. The number of carbonyl (C=O) groups excluding carboxylic acids is 1. The topological polar surface area (TPSA) is 55.4 Å². The van der Waals surface area contributed by atoms with Crippen molar-refractivity contribution in [2.45, 2.75) is 89.6 Å². The zero-order chi connectivity index (χ0) is 20.0. The zero-order valence-corrected chi connectivity index (χ0v) is 17.0. The lowest BCUT2D eigenvalue weighted by molar-refractivity contribution is -0.180. The lowest BCUT2D eigenvalue weighted by Gasteiger charge is -2.32. The molecule has 1 rings (SSSR count). The van der Waals surface area contributed by atoms with E-state index < -0.39 is 39.8 Å². The molecule has 0 aliphatic heterocycles. The number of carbonyl (C=O) groups is 1. The Bertz CT molecular complexity index is 471. The monoisotopic (exact) mass is 399 g/mol. The molecular formula is C18H32F3NO3S. The van der Waals surface area contributed by atoms with Gasteiger partial charge in [-0.3, -0.25) is 4.79 Å². The SMILES string of the molecule is CCCCOC(=O)[C@@H](CC1CCCC1)[C@H](N[S@@](=O)C(C)(C)C)C(F)(F)F. The number of unbranched alkanes of at least 4 members (excludes halogenated alkanes) is 1. The van der Waals surface area contributed by atoms with Crippen LogP contribution < -0.4 is 4.72 Å². The van der Waals surface area contributed by atoms with Crippen LogP contribution in [0.15, 0.2) is 0 Å². The number of esters is 1. The molecule has 1 aliphatic rings. The molecule has 1 fully saturated rings. The molecule has 8 heteroatoms. The minimum Gasteiger partial charge on any atom is -0.465 e. The molecule has 154 valence electrons. The minimum absolute atomic E-state index is 0.0773. The normalized spacial score (nSPS) is 20.0. The maximum atomic E-state index is 13.7. The summed E-state index contributed by atoms with van der Waals surface area (Å²) in [7, 11) is -1.94. The first-order valence-electron chi connectivity index (χ1n) is 9.38. The summed E-state index contributed by atoms with van der Waals surface area (Å²) in [5.74, 6) is -2.14. The van der Waals surface area contributed by atoms with E-state index in [0.29, 0.717) is 6.42 Å². The van der Waals surface area contributed by atoms with Gasteiger partial charge in [-0.05, 0) is 39.5 Å². The summed E-state index contributed by atoms with van der Waals surface area (Å²) in [6.45, 7) is 6.80. The van der Waals surface area contributed by atoms with Gasteiger partial charge in [-0.1, -0.05) is 39.0 Å². The van der Waals surface area contributed by atoms with Crippen molar-refractivity contribution in [1.29, 1.82) is 0 Å². The van der Waals surface area contributed by atoms with E-state index >= 15 is 0 Å². The summed E-state index contributed by atoms with van der Waals surface area (Å²) in [6, 6.07) is -2.17. The van der Waals surface area contributed by atoms with Gasteiger partial charge in [0, 0.05) is 0 Å². The zero-order valence-electron chi connectivity index (χ0n) is 16.2. The Morgan fingerprint density at radius 2 is 1.81 bits per heavy atom. The van der Waals surface area contributed by atoms with E-state index in [4.69, 9.17) is 4.74 Å². The fraction of sp³-hybridized carbons (Fsp3) is 0.944. The first kappa shape index (κ1) is 23.4.